The Bertz CT molecular complexity index is 726. The zero-order valence-corrected chi connectivity index (χ0v) is 11.2. The normalized spacial score (nSPS) is 11.1. The van der Waals surface area contributed by atoms with Gasteiger partial charge in [0.1, 0.15) is 0 Å². The van der Waals surface area contributed by atoms with Crippen LogP contribution in [-0.2, 0) is 6.54 Å². The maximum Gasteiger partial charge on any atom is 0.330 e. The van der Waals surface area contributed by atoms with E-state index in [1.54, 1.807) is 0 Å². The molecule has 0 saturated heterocycles. The fraction of sp³-hybridized carbons (Fsp3) is 0.188. The molecule has 96 valence electrons. The van der Waals surface area contributed by atoms with Crippen LogP contribution in [0.1, 0.15) is 12.5 Å². The SMILES string of the molecule is CC[n+]1c(O)c2ccccn2c1-c1ccc(C)cc1. The van der Waals surface area contributed by atoms with E-state index >= 15 is 0 Å². The Balaban J connectivity index is 2.36. The summed E-state index contributed by atoms with van der Waals surface area (Å²) in [5.74, 6) is 1.33. The third-order valence-corrected chi connectivity index (χ3v) is 3.45. The van der Waals surface area contributed by atoms with Crippen LogP contribution in [0.4, 0.5) is 0 Å². The molecular weight excluding hydrogens is 236 g/mol. The topological polar surface area (TPSA) is 28.5 Å². The molecule has 0 spiro atoms. The van der Waals surface area contributed by atoms with Gasteiger partial charge in [-0.25, -0.2) is 0 Å². The van der Waals surface area contributed by atoms with Crippen LogP contribution in [0.5, 0.6) is 5.88 Å². The number of fused-ring (bicyclic) bond motifs is 1. The highest BCUT2D eigenvalue weighted by Gasteiger charge is 2.25. The van der Waals surface area contributed by atoms with E-state index in [0.717, 1.165) is 23.4 Å². The van der Waals surface area contributed by atoms with Crippen molar-refractivity contribution in [2.75, 3.05) is 0 Å². The molecule has 0 aliphatic rings. The maximum atomic E-state index is 10.3. The van der Waals surface area contributed by atoms with Crippen molar-refractivity contribution in [2.45, 2.75) is 20.4 Å². The number of pyridine rings is 1. The average Bonchev–Trinajstić information content (AvgIpc) is 2.73. The highest BCUT2D eigenvalue weighted by atomic mass is 16.3. The number of aromatic nitrogens is 2. The van der Waals surface area contributed by atoms with Crippen LogP contribution in [0.25, 0.3) is 16.9 Å². The van der Waals surface area contributed by atoms with E-state index in [1.165, 1.54) is 5.56 Å². The summed E-state index contributed by atoms with van der Waals surface area (Å²) in [4.78, 5) is 0. The molecule has 0 unspecified atom stereocenters. The van der Waals surface area contributed by atoms with Gasteiger partial charge in [-0.05, 0) is 38.1 Å². The van der Waals surface area contributed by atoms with E-state index in [0.29, 0.717) is 5.88 Å². The lowest BCUT2D eigenvalue weighted by Gasteiger charge is -2.00. The van der Waals surface area contributed by atoms with Gasteiger partial charge in [-0.3, -0.25) is 0 Å². The third-order valence-electron chi connectivity index (χ3n) is 3.45. The molecular formula is C16H17N2O+. The molecule has 0 atom stereocenters. The monoisotopic (exact) mass is 253 g/mol. The molecule has 0 aliphatic carbocycles. The number of hydrogen-bond donors (Lipinski definition) is 1. The molecule has 0 radical (unpaired) electrons. The summed E-state index contributed by atoms with van der Waals surface area (Å²) in [5.41, 5.74) is 3.17. The van der Waals surface area contributed by atoms with Crippen LogP contribution in [0.15, 0.2) is 48.7 Å². The Kier molecular flexibility index (Phi) is 2.75. The summed E-state index contributed by atoms with van der Waals surface area (Å²) >= 11 is 0. The zero-order chi connectivity index (χ0) is 13.4. The molecule has 3 rings (SSSR count). The van der Waals surface area contributed by atoms with Gasteiger partial charge in [0, 0.05) is 0 Å². The lowest BCUT2D eigenvalue weighted by atomic mass is 10.1. The fourth-order valence-electron chi connectivity index (χ4n) is 2.48. The average molecular weight is 253 g/mol. The summed E-state index contributed by atoms with van der Waals surface area (Å²) in [6.45, 7) is 4.85. The summed E-state index contributed by atoms with van der Waals surface area (Å²) in [6, 6.07) is 14.2. The van der Waals surface area contributed by atoms with Gasteiger partial charge in [0.05, 0.1) is 18.3 Å². The molecule has 19 heavy (non-hydrogen) atoms. The van der Waals surface area contributed by atoms with Gasteiger partial charge < -0.3 is 5.11 Å². The number of benzene rings is 1. The molecule has 0 bridgehead atoms. The van der Waals surface area contributed by atoms with Crippen LogP contribution in [0, 0.1) is 6.92 Å². The Morgan fingerprint density at radius 2 is 1.84 bits per heavy atom. The van der Waals surface area contributed by atoms with Crippen LogP contribution in [0.2, 0.25) is 0 Å². The summed E-state index contributed by atoms with van der Waals surface area (Å²) in [5, 5.41) is 10.3. The van der Waals surface area contributed by atoms with Gasteiger partial charge in [0.15, 0.2) is 0 Å². The fourth-order valence-corrected chi connectivity index (χ4v) is 2.48. The van der Waals surface area contributed by atoms with E-state index < -0.39 is 0 Å². The molecule has 0 fully saturated rings. The van der Waals surface area contributed by atoms with E-state index in [-0.39, 0.29) is 0 Å². The van der Waals surface area contributed by atoms with Gasteiger partial charge >= 0.3 is 5.88 Å². The van der Waals surface area contributed by atoms with Gasteiger partial charge in [0.25, 0.3) is 5.82 Å². The van der Waals surface area contributed by atoms with E-state index in [4.69, 9.17) is 0 Å². The first-order valence-electron chi connectivity index (χ1n) is 6.51. The van der Waals surface area contributed by atoms with Crippen LogP contribution < -0.4 is 4.57 Å². The van der Waals surface area contributed by atoms with Crippen molar-refractivity contribution < 1.29 is 9.67 Å². The lowest BCUT2D eigenvalue weighted by molar-refractivity contribution is -0.686. The number of aryl methyl sites for hydroxylation is 1. The molecule has 3 heteroatoms. The predicted octanol–water partition coefficient (Wildman–Crippen LogP) is 2.93. The maximum absolute atomic E-state index is 10.3. The molecule has 1 N–H and O–H groups in total. The smallest absolute Gasteiger partial charge is 0.330 e. The number of rotatable bonds is 2. The van der Waals surface area contributed by atoms with E-state index in [1.807, 2.05) is 40.3 Å². The third kappa shape index (κ3) is 1.78. The van der Waals surface area contributed by atoms with Crippen molar-refractivity contribution in [3.63, 3.8) is 0 Å². The number of imidazole rings is 1. The second kappa shape index (κ2) is 4.43. The van der Waals surface area contributed by atoms with Crippen LogP contribution in [0.3, 0.4) is 0 Å². The standard InChI is InChI=1S/C16H16N2O/c1-3-17-15(13-9-7-12(2)8-10-13)18-11-5-4-6-14(18)16(17)19/h4-11H,3H2,1-2H3/p+1. The van der Waals surface area contributed by atoms with Gasteiger partial charge in [-0.1, -0.05) is 23.8 Å². The molecule has 0 saturated carbocycles. The minimum atomic E-state index is 0.318. The van der Waals surface area contributed by atoms with E-state index in [2.05, 4.69) is 31.2 Å². The molecule has 3 aromatic rings. The predicted molar refractivity (Wildman–Crippen MR) is 75.1 cm³/mol. The second-order valence-electron chi connectivity index (χ2n) is 4.71. The molecule has 2 heterocycles. The highest BCUT2D eigenvalue weighted by molar-refractivity contribution is 5.63. The Morgan fingerprint density at radius 1 is 1.11 bits per heavy atom. The summed E-state index contributed by atoms with van der Waals surface area (Å²) < 4.78 is 3.96. The lowest BCUT2D eigenvalue weighted by Crippen LogP contribution is -2.33. The van der Waals surface area contributed by atoms with Gasteiger partial charge in [-0.15, -0.1) is 0 Å². The van der Waals surface area contributed by atoms with Crippen molar-refractivity contribution >= 4 is 5.52 Å². The molecule has 1 aromatic carbocycles. The van der Waals surface area contributed by atoms with Crippen molar-refractivity contribution in [3.05, 3.63) is 54.2 Å². The first kappa shape index (κ1) is 11.8. The quantitative estimate of drug-likeness (QED) is 0.699. The van der Waals surface area contributed by atoms with Gasteiger partial charge in [-0.2, -0.15) is 8.97 Å². The Hall–Kier alpha value is -2.29. The van der Waals surface area contributed by atoms with Crippen molar-refractivity contribution in [2.24, 2.45) is 0 Å². The second-order valence-corrected chi connectivity index (χ2v) is 4.71. The zero-order valence-electron chi connectivity index (χ0n) is 11.2. The number of nitrogens with zero attached hydrogens (tertiary/aromatic N) is 2. The number of aromatic hydroxyl groups is 1. The molecule has 3 nitrogen and oxygen atoms in total. The van der Waals surface area contributed by atoms with Crippen molar-refractivity contribution in [3.8, 4) is 17.3 Å². The van der Waals surface area contributed by atoms with Crippen LogP contribution in [-0.4, -0.2) is 9.51 Å². The Labute approximate surface area is 112 Å². The summed E-state index contributed by atoms with van der Waals surface area (Å²) in [7, 11) is 0. The van der Waals surface area contributed by atoms with Crippen molar-refractivity contribution in [1.82, 2.24) is 4.40 Å². The van der Waals surface area contributed by atoms with Gasteiger partial charge in [0.2, 0.25) is 5.52 Å². The minimum absolute atomic E-state index is 0.318. The molecule has 0 amide bonds. The number of hydrogen-bond acceptors (Lipinski definition) is 1. The van der Waals surface area contributed by atoms with Crippen LogP contribution >= 0.6 is 0 Å². The largest absolute Gasteiger partial charge is 0.475 e. The first-order chi connectivity index (χ1) is 9.22. The van der Waals surface area contributed by atoms with Crippen molar-refractivity contribution in [1.29, 1.82) is 0 Å². The minimum Gasteiger partial charge on any atom is -0.475 e. The highest BCUT2D eigenvalue weighted by Crippen LogP contribution is 2.24. The van der Waals surface area contributed by atoms with E-state index in [9.17, 15) is 5.11 Å². The summed E-state index contributed by atoms with van der Waals surface area (Å²) in [6.07, 6.45) is 1.98. The molecule has 2 aromatic heterocycles. The first-order valence-corrected chi connectivity index (χ1v) is 6.51. The molecule has 0 aliphatic heterocycles. The Morgan fingerprint density at radius 3 is 2.53 bits per heavy atom.